The zero-order chi connectivity index (χ0) is 23.7. The minimum atomic E-state index is -0.697. The van der Waals surface area contributed by atoms with Gasteiger partial charge in [-0.3, -0.25) is 19.6 Å². The van der Waals surface area contributed by atoms with Crippen LogP contribution < -0.4 is 15.5 Å². The number of esters is 1. The van der Waals surface area contributed by atoms with Crippen LogP contribution in [0.15, 0.2) is 54.6 Å². The Labute approximate surface area is 187 Å². The van der Waals surface area contributed by atoms with Crippen molar-refractivity contribution in [2.45, 2.75) is 40.2 Å². The first kappa shape index (κ1) is 24.9. The Kier molecular flexibility index (Phi) is 8.78. The number of para-hydroxylation sites is 1. The van der Waals surface area contributed by atoms with Crippen LogP contribution in [0.1, 0.15) is 44.5 Å². The highest BCUT2D eigenvalue weighted by Crippen LogP contribution is 2.21. The highest BCUT2D eigenvalue weighted by atomic mass is 16.5. The van der Waals surface area contributed by atoms with Gasteiger partial charge in [0.1, 0.15) is 18.1 Å². The maximum absolute atomic E-state index is 12.7. The lowest BCUT2D eigenvalue weighted by molar-refractivity contribution is -0.153. The van der Waals surface area contributed by atoms with Crippen LogP contribution in [0.2, 0.25) is 0 Å². The molecule has 2 atom stereocenters. The van der Waals surface area contributed by atoms with Crippen LogP contribution in [0.25, 0.3) is 0 Å². The number of carbonyl (C=O) groups is 3. The van der Waals surface area contributed by atoms with Gasteiger partial charge < -0.3 is 14.8 Å². The first-order valence-electron chi connectivity index (χ1n) is 10.3. The molecular formula is C24H30N2O6. The number of amides is 2. The van der Waals surface area contributed by atoms with E-state index < -0.39 is 29.3 Å². The standard InChI is InChI=1S/C24H30N2O6/c1-16(21(27)26-30)14-18(15-31-23(29)24(2,3)4)25-22(28)17-10-12-20(13-11-17)32-19-8-6-5-7-9-19/h5-13,16,18,30H,14-15H2,1-4H3,(H,25,28)(H,26,27)/t16-,18-/m0/s1. The van der Waals surface area contributed by atoms with Gasteiger partial charge in [0.05, 0.1) is 11.5 Å². The van der Waals surface area contributed by atoms with E-state index in [1.54, 1.807) is 57.4 Å². The summed E-state index contributed by atoms with van der Waals surface area (Å²) in [6.45, 7) is 6.68. The minimum absolute atomic E-state index is 0.0971. The van der Waals surface area contributed by atoms with Gasteiger partial charge in [-0.2, -0.15) is 0 Å². The number of carbonyl (C=O) groups excluding carboxylic acids is 3. The SMILES string of the molecule is C[C@@H](C[C@@H](COC(=O)C(C)(C)C)NC(=O)c1ccc(Oc2ccccc2)cc1)C(=O)NO. The van der Waals surface area contributed by atoms with Gasteiger partial charge in [-0.1, -0.05) is 25.1 Å². The highest BCUT2D eigenvalue weighted by Gasteiger charge is 2.26. The Bertz CT molecular complexity index is 906. The van der Waals surface area contributed by atoms with Crippen LogP contribution in [0.4, 0.5) is 0 Å². The Morgan fingerprint density at radius 1 is 0.969 bits per heavy atom. The van der Waals surface area contributed by atoms with Crippen molar-refractivity contribution in [2.75, 3.05) is 6.61 Å². The summed E-state index contributed by atoms with van der Waals surface area (Å²) in [5, 5.41) is 11.7. The molecule has 2 aromatic rings. The van der Waals surface area contributed by atoms with E-state index in [0.29, 0.717) is 17.1 Å². The van der Waals surface area contributed by atoms with Gasteiger partial charge in [0.25, 0.3) is 5.91 Å². The van der Waals surface area contributed by atoms with E-state index in [2.05, 4.69) is 5.32 Å². The van der Waals surface area contributed by atoms with Gasteiger partial charge in [-0.25, -0.2) is 5.48 Å². The monoisotopic (exact) mass is 442 g/mol. The molecule has 0 unspecified atom stereocenters. The summed E-state index contributed by atoms with van der Waals surface area (Å²) in [6.07, 6.45) is 0.171. The van der Waals surface area contributed by atoms with E-state index >= 15 is 0 Å². The molecule has 2 aromatic carbocycles. The fourth-order valence-corrected chi connectivity index (χ4v) is 2.77. The molecule has 0 bridgehead atoms. The number of hydroxylamine groups is 1. The summed E-state index contributed by atoms with van der Waals surface area (Å²) in [7, 11) is 0. The maximum atomic E-state index is 12.7. The molecule has 0 fully saturated rings. The lowest BCUT2D eigenvalue weighted by atomic mass is 9.97. The largest absolute Gasteiger partial charge is 0.463 e. The number of ether oxygens (including phenoxy) is 2. The molecule has 32 heavy (non-hydrogen) atoms. The van der Waals surface area contributed by atoms with Crippen molar-refractivity contribution in [3.63, 3.8) is 0 Å². The zero-order valence-corrected chi connectivity index (χ0v) is 18.8. The third kappa shape index (κ3) is 7.70. The fraction of sp³-hybridized carbons (Fsp3) is 0.375. The zero-order valence-electron chi connectivity index (χ0n) is 18.8. The first-order valence-corrected chi connectivity index (χ1v) is 10.3. The van der Waals surface area contributed by atoms with Crippen LogP contribution in [-0.4, -0.2) is 35.6 Å². The van der Waals surface area contributed by atoms with E-state index in [1.807, 2.05) is 30.3 Å². The molecule has 172 valence electrons. The molecule has 0 aliphatic rings. The van der Waals surface area contributed by atoms with E-state index in [-0.39, 0.29) is 18.9 Å². The number of hydrogen-bond donors (Lipinski definition) is 3. The van der Waals surface area contributed by atoms with Crippen molar-refractivity contribution in [1.29, 1.82) is 0 Å². The normalized spacial score (nSPS) is 12.9. The summed E-state index contributed by atoms with van der Waals surface area (Å²) in [5.41, 5.74) is 1.29. The summed E-state index contributed by atoms with van der Waals surface area (Å²) in [6, 6.07) is 15.2. The predicted molar refractivity (Wildman–Crippen MR) is 118 cm³/mol. The predicted octanol–water partition coefficient (Wildman–Crippen LogP) is 3.70. The molecule has 0 saturated carbocycles. The van der Waals surface area contributed by atoms with Crippen LogP contribution >= 0.6 is 0 Å². The number of nitrogens with one attached hydrogen (secondary N) is 2. The van der Waals surface area contributed by atoms with Gasteiger partial charge in [0.15, 0.2) is 0 Å². The second kappa shape index (κ2) is 11.3. The van der Waals surface area contributed by atoms with Crippen molar-refractivity contribution >= 4 is 17.8 Å². The topological polar surface area (TPSA) is 114 Å². The maximum Gasteiger partial charge on any atom is 0.311 e. The van der Waals surface area contributed by atoms with Crippen LogP contribution in [0.5, 0.6) is 11.5 Å². The van der Waals surface area contributed by atoms with Crippen molar-refractivity contribution in [2.24, 2.45) is 11.3 Å². The van der Waals surface area contributed by atoms with Gasteiger partial charge in [-0.15, -0.1) is 0 Å². The van der Waals surface area contributed by atoms with Gasteiger partial charge in [0, 0.05) is 11.5 Å². The second-order valence-corrected chi connectivity index (χ2v) is 8.57. The van der Waals surface area contributed by atoms with Crippen LogP contribution in [0, 0.1) is 11.3 Å². The average Bonchev–Trinajstić information content (AvgIpc) is 2.77. The first-order chi connectivity index (χ1) is 15.1. The molecule has 0 saturated heterocycles. The van der Waals surface area contributed by atoms with Crippen LogP contribution in [-0.2, 0) is 14.3 Å². The molecule has 8 nitrogen and oxygen atoms in total. The molecular weight excluding hydrogens is 412 g/mol. The molecule has 3 N–H and O–H groups in total. The number of benzene rings is 2. The Morgan fingerprint density at radius 3 is 2.12 bits per heavy atom. The molecule has 8 heteroatoms. The highest BCUT2D eigenvalue weighted by molar-refractivity contribution is 5.94. The molecule has 2 rings (SSSR count). The van der Waals surface area contributed by atoms with Crippen molar-refractivity contribution in [1.82, 2.24) is 10.8 Å². The smallest absolute Gasteiger partial charge is 0.311 e. The average molecular weight is 443 g/mol. The lowest BCUT2D eigenvalue weighted by Crippen LogP contribution is -2.42. The Morgan fingerprint density at radius 2 is 1.56 bits per heavy atom. The van der Waals surface area contributed by atoms with Gasteiger partial charge in [0.2, 0.25) is 5.91 Å². The van der Waals surface area contributed by atoms with Gasteiger partial charge in [-0.05, 0) is 63.6 Å². The molecule has 0 aliphatic heterocycles. The van der Waals surface area contributed by atoms with E-state index in [9.17, 15) is 14.4 Å². The molecule has 0 spiro atoms. The lowest BCUT2D eigenvalue weighted by Gasteiger charge is -2.24. The third-order valence-corrected chi connectivity index (χ3v) is 4.65. The summed E-state index contributed by atoms with van der Waals surface area (Å²) >= 11 is 0. The second-order valence-electron chi connectivity index (χ2n) is 8.57. The molecule has 0 aliphatic carbocycles. The third-order valence-electron chi connectivity index (χ3n) is 4.65. The van der Waals surface area contributed by atoms with Crippen molar-refractivity contribution in [3.05, 3.63) is 60.2 Å². The fourth-order valence-electron chi connectivity index (χ4n) is 2.77. The van der Waals surface area contributed by atoms with Crippen molar-refractivity contribution in [3.8, 4) is 11.5 Å². The Hall–Kier alpha value is -3.39. The number of rotatable bonds is 9. The van der Waals surface area contributed by atoms with E-state index in [4.69, 9.17) is 14.7 Å². The minimum Gasteiger partial charge on any atom is -0.463 e. The molecule has 0 radical (unpaired) electrons. The summed E-state index contributed by atoms with van der Waals surface area (Å²) in [4.78, 5) is 36.6. The van der Waals surface area contributed by atoms with E-state index in [1.165, 1.54) is 0 Å². The molecule has 0 heterocycles. The quantitative estimate of drug-likeness (QED) is 0.310. The summed E-state index contributed by atoms with van der Waals surface area (Å²) < 4.78 is 11.1. The molecule has 0 aromatic heterocycles. The van der Waals surface area contributed by atoms with Gasteiger partial charge >= 0.3 is 5.97 Å². The van der Waals surface area contributed by atoms with Crippen LogP contribution in [0.3, 0.4) is 0 Å². The summed E-state index contributed by atoms with van der Waals surface area (Å²) in [5.74, 6) is -0.740. The van der Waals surface area contributed by atoms with Crippen molar-refractivity contribution < 1.29 is 29.1 Å². The molecule has 2 amide bonds. The van der Waals surface area contributed by atoms with E-state index in [0.717, 1.165) is 0 Å². The number of hydrogen-bond acceptors (Lipinski definition) is 6. The Balaban J connectivity index is 2.05.